The van der Waals surface area contributed by atoms with Crippen molar-refractivity contribution in [1.82, 2.24) is 9.80 Å². The van der Waals surface area contributed by atoms with E-state index in [1.165, 1.54) is 4.90 Å². The molecule has 0 unspecified atom stereocenters. The van der Waals surface area contributed by atoms with Crippen molar-refractivity contribution in [2.24, 2.45) is 17.0 Å². The lowest BCUT2D eigenvalue weighted by molar-refractivity contribution is -0.140. The molecule has 0 saturated carbocycles. The number of likely N-dealkylation sites (tertiary alicyclic amines) is 2. The minimum Gasteiger partial charge on any atom is -0.302 e. The molecule has 0 aromatic rings. The molecule has 92 valence electrons. The van der Waals surface area contributed by atoms with Crippen molar-refractivity contribution < 1.29 is 9.59 Å². The number of azide groups is 1. The molecule has 2 rings (SSSR count). The Morgan fingerprint density at radius 1 is 1.35 bits per heavy atom. The molecule has 0 bridgehead atoms. The van der Waals surface area contributed by atoms with Gasteiger partial charge in [-0.1, -0.05) is 5.11 Å². The van der Waals surface area contributed by atoms with E-state index >= 15 is 0 Å². The molecule has 0 aliphatic carbocycles. The number of fused-ring (bicyclic) bond motifs is 1. The molecule has 2 saturated heterocycles. The quantitative estimate of drug-likeness (QED) is 0.303. The van der Waals surface area contributed by atoms with Crippen LogP contribution in [0, 0.1) is 11.8 Å². The molecule has 2 heterocycles. The Morgan fingerprint density at radius 2 is 1.94 bits per heavy atom. The van der Waals surface area contributed by atoms with Crippen LogP contribution in [-0.2, 0) is 9.59 Å². The number of carbonyl (C=O) groups is 2. The monoisotopic (exact) mass is 237 g/mol. The molecule has 2 aliphatic rings. The molecule has 2 amide bonds. The van der Waals surface area contributed by atoms with Crippen LogP contribution in [0.1, 0.15) is 6.92 Å². The van der Waals surface area contributed by atoms with Crippen molar-refractivity contribution in [3.8, 4) is 0 Å². The van der Waals surface area contributed by atoms with E-state index in [0.717, 1.165) is 0 Å². The first-order chi connectivity index (χ1) is 8.19. The Kier molecular flexibility index (Phi) is 3.31. The van der Waals surface area contributed by atoms with E-state index in [1.807, 2.05) is 11.8 Å². The van der Waals surface area contributed by atoms with E-state index in [0.29, 0.717) is 32.7 Å². The third kappa shape index (κ3) is 1.99. The molecule has 2 fully saturated rings. The number of rotatable bonds is 4. The summed E-state index contributed by atoms with van der Waals surface area (Å²) in [5.74, 6) is -0.468. The summed E-state index contributed by atoms with van der Waals surface area (Å²) in [5.41, 5.74) is 8.18. The van der Waals surface area contributed by atoms with Crippen molar-refractivity contribution in [3.05, 3.63) is 10.4 Å². The maximum absolute atomic E-state index is 11.9. The van der Waals surface area contributed by atoms with E-state index in [2.05, 4.69) is 10.0 Å². The van der Waals surface area contributed by atoms with Crippen LogP contribution in [0.4, 0.5) is 0 Å². The standard InChI is InChI=1S/C10H15N5O2/c1-2-15-9(16)7-5-14(4-3-12-13-11)6-8(7)10(15)17/h7-8H,2-6H2,1H3/t7-,8+. The summed E-state index contributed by atoms with van der Waals surface area (Å²) >= 11 is 0. The van der Waals surface area contributed by atoms with Crippen molar-refractivity contribution in [2.75, 3.05) is 32.7 Å². The van der Waals surface area contributed by atoms with Gasteiger partial charge < -0.3 is 4.90 Å². The van der Waals surface area contributed by atoms with Crippen LogP contribution < -0.4 is 0 Å². The minimum absolute atomic E-state index is 0.0474. The molecular formula is C10H15N5O2. The Hall–Kier alpha value is -1.59. The zero-order valence-electron chi connectivity index (χ0n) is 9.74. The number of hydrogen-bond donors (Lipinski definition) is 0. The summed E-state index contributed by atoms with van der Waals surface area (Å²) < 4.78 is 0. The fraction of sp³-hybridized carbons (Fsp3) is 0.800. The number of amides is 2. The summed E-state index contributed by atoms with van der Waals surface area (Å²) in [6.45, 7) is 4.48. The van der Waals surface area contributed by atoms with E-state index in [9.17, 15) is 9.59 Å². The van der Waals surface area contributed by atoms with Gasteiger partial charge in [0, 0.05) is 37.6 Å². The SMILES string of the molecule is CCN1C(=O)[C@H]2CN(CCN=[N+]=[N-])C[C@H]2C1=O. The van der Waals surface area contributed by atoms with E-state index < -0.39 is 0 Å². The van der Waals surface area contributed by atoms with E-state index in [-0.39, 0.29) is 23.7 Å². The van der Waals surface area contributed by atoms with Crippen LogP contribution in [-0.4, -0.2) is 54.3 Å². The molecule has 7 nitrogen and oxygen atoms in total. The molecule has 0 aromatic carbocycles. The molecule has 17 heavy (non-hydrogen) atoms. The number of hydrogen-bond acceptors (Lipinski definition) is 4. The van der Waals surface area contributed by atoms with Crippen molar-refractivity contribution in [1.29, 1.82) is 0 Å². The van der Waals surface area contributed by atoms with Gasteiger partial charge in [-0.05, 0) is 12.5 Å². The van der Waals surface area contributed by atoms with Crippen molar-refractivity contribution in [3.63, 3.8) is 0 Å². The molecule has 2 atom stereocenters. The van der Waals surface area contributed by atoms with Crippen LogP contribution >= 0.6 is 0 Å². The van der Waals surface area contributed by atoms with Gasteiger partial charge in [0.1, 0.15) is 0 Å². The Morgan fingerprint density at radius 3 is 2.41 bits per heavy atom. The highest BCUT2D eigenvalue weighted by Gasteiger charge is 2.51. The van der Waals surface area contributed by atoms with Gasteiger partial charge in [-0.25, -0.2) is 0 Å². The molecule has 7 heteroatoms. The predicted molar refractivity (Wildman–Crippen MR) is 59.8 cm³/mol. The fourth-order valence-electron chi connectivity index (χ4n) is 2.62. The molecular weight excluding hydrogens is 222 g/mol. The summed E-state index contributed by atoms with van der Waals surface area (Å²) in [5, 5.41) is 3.46. The van der Waals surface area contributed by atoms with E-state index in [1.54, 1.807) is 0 Å². The van der Waals surface area contributed by atoms with Gasteiger partial charge in [0.05, 0.1) is 11.8 Å². The molecule has 0 radical (unpaired) electrons. The van der Waals surface area contributed by atoms with Gasteiger partial charge in [0.25, 0.3) is 0 Å². The Bertz CT molecular complexity index is 366. The highest BCUT2D eigenvalue weighted by molar-refractivity contribution is 6.05. The molecule has 0 aromatic heterocycles. The Balaban J connectivity index is 1.97. The maximum atomic E-state index is 11.9. The van der Waals surface area contributed by atoms with Gasteiger partial charge in [0.2, 0.25) is 11.8 Å². The second-order valence-corrected chi connectivity index (χ2v) is 4.35. The summed E-state index contributed by atoms with van der Waals surface area (Å²) in [4.78, 5) is 29.8. The minimum atomic E-state index is -0.187. The highest BCUT2D eigenvalue weighted by atomic mass is 16.2. The molecule has 0 N–H and O–H groups in total. The number of imide groups is 1. The molecule has 0 spiro atoms. The average Bonchev–Trinajstić information content (AvgIpc) is 2.81. The summed E-state index contributed by atoms with van der Waals surface area (Å²) in [7, 11) is 0. The van der Waals surface area contributed by atoms with Crippen LogP contribution in [0.15, 0.2) is 5.11 Å². The first-order valence-corrected chi connectivity index (χ1v) is 5.77. The summed E-state index contributed by atoms with van der Waals surface area (Å²) in [6, 6.07) is 0. The van der Waals surface area contributed by atoms with Crippen molar-refractivity contribution in [2.45, 2.75) is 6.92 Å². The largest absolute Gasteiger partial charge is 0.302 e. The lowest BCUT2D eigenvalue weighted by Gasteiger charge is -2.18. The third-order valence-corrected chi connectivity index (χ3v) is 3.46. The van der Waals surface area contributed by atoms with E-state index in [4.69, 9.17) is 5.53 Å². The van der Waals surface area contributed by atoms with Crippen molar-refractivity contribution >= 4 is 11.8 Å². The fourth-order valence-corrected chi connectivity index (χ4v) is 2.62. The van der Waals surface area contributed by atoms with Gasteiger partial charge in [-0.15, -0.1) is 0 Å². The van der Waals surface area contributed by atoms with Crippen LogP contribution in [0.25, 0.3) is 10.4 Å². The van der Waals surface area contributed by atoms with Crippen LogP contribution in [0.2, 0.25) is 0 Å². The zero-order chi connectivity index (χ0) is 12.4. The first-order valence-electron chi connectivity index (χ1n) is 5.77. The Labute approximate surface area is 99.0 Å². The smallest absolute Gasteiger partial charge is 0.234 e. The predicted octanol–water partition coefficient (Wildman–Crippen LogP) is 0.233. The van der Waals surface area contributed by atoms with Crippen LogP contribution in [0.5, 0.6) is 0 Å². The number of nitrogens with zero attached hydrogens (tertiary/aromatic N) is 5. The van der Waals surface area contributed by atoms with Crippen LogP contribution in [0.3, 0.4) is 0 Å². The average molecular weight is 237 g/mol. The lowest BCUT2D eigenvalue weighted by Crippen LogP contribution is -2.36. The van der Waals surface area contributed by atoms with Gasteiger partial charge in [-0.2, -0.15) is 0 Å². The lowest BCUT2D eigenvalue weighted by atomic mass is 10.00. The maximum Gasteiger partial charge on any atom is 0.234 e. The zero-order valence-corrected chi connectivity index (χ0v) is 9.74. The highest BCUT2D eigenvalue weighted by Crippen LogP contribution is 2.32. The topological polar surface area (TPSA) is 89.4 Å². The second kappa shape index (κ2) is 4.73. The normalized spacial score (nSPS) is 28.4. The van der Waals surface area contributed by atoms with Gasteiger partial charge in [-0.3, -0.25) is 14.5 Å². The van der Waals surface area contributed by atoms with Gasteiger partial charge in [0.15, 0.2) is 0 Å². The molecule has 2 aliphatic heterocycles. The first kappa shape index (κ1) is 11.9. The second-order valence-electron chi connectivity index (χ2n) is 4.35. The number of carbonyl (C=O) groups excluding carboxylic acids is 2. The van der Waals surface area contributed by atoms with Gasteiger partial charge >= 0.3 is 0 Å². The third-order valence-electron chi connectivity index (χ3n) is 3.46. The summed E-state index contributed by atoms with van der Waals surface area (Å²) in [6.07, 6.45) is 0.